The highest BCUT2D eigenvalue weighted by Gasteiger charge is 2.19. The molecule has 14 heteroatoms. The number of hydrogen-bond acceptors (Lipinski definition) is 4. The van der Waals surface area contributed by atoms with E-state index in [4.69, 9.17) is 28.7 Å². The fraction of sp³-hybridized carbons (Fsp3) is 0.133. The van der Waals surface area contributed by atoms with Crippen molar-refractivity contribution in [3.63, 3.8) is 0 Å². The third-order valence-corrected chi connectivity index (χ3v) is 7.43. The van der Waals surface area contributed by atoms with Gasteiger partial charge in [0, 0.05) is 29.7 Å². The predicted molar refractivity (Wildman–Crippen MR) is 164 cm³/mol. The molecule has 0 aliphatic heterocycles. The maximum absolute atomic E-state index is 13.6. The second kappa shape index (κ2) is 12.4. The lowest BCUT2D eigenvalue weighted by Crippen LogP contribution is -2.25. The van der Waals surface area contributed by atoms with E-state index in [9.17, 15) is 23.5 Å². The lowest BCUT2D eigenvalue weighted by molar-refractivity contribution is 0.190. The monoisotopic (exact) mass is 637 g/mol. The van der Waals surface area contributed by atoms with Gasteiger partial charge < -0.3 is 13.9 Å². The molecule has 2 aromatic carbocycles. The number of hydrogen-bond donors (Lipinski definition) is 1. The van der Waals surface area contributed by atoms with Crippen molar-refractivity contribution in [2.75, 3.05) is 0 Å². The van der Waals surface area contributed by atoms with Crippen LogP contribution in [-0.4, -0.2) is 23.0 Å². The quantitative estimate of drug-likeness (QED) is 0.122. The van der Waals surface area contributed by atoms with E-state index in [0.717, 1.165) is 0 Å². The number of rotatable bonds is 5. The Morgan fingerprint density at radius 1 is 0.795 bits per heavy atom. The molecule has 4 aromatic heterocycles. The highest BCUT2D eigenvalue weighted by atomic mass is 35.5. The molecule has 1 N–H and O–H groups in total. The summed E-state index contributed by atoms with van der Waals surface area (Å²) in [6.07, 6.45) is 5.64. The van der Waals surface area contributed by atoms with Crippen molar-refractivity contribution < 1.29 is 13.9 Å². The summed E-state index contributed by atoms with van der Waals surface area (Å²) in [5, 5.41) is 14.2. The van der Waals surface area contributed by atoms with Crippen LogP contribution in [0.25, 0.3) is 32.9 Å². The first-order chi connectivity index (χ1) is 21.0. The van der Waals surface area contributed by atoms with E-state index in [1.165, 1.54) is 45.5 Å². The largest absolute Gasteiger partial charge is 0.387 e. The maximum atomic E-state index is 13.6. The summed E-state index contributed by atoms with van der Waals surface area (Å²) in [5.74, 6) is -0.935. The Bertz CT molecular complexity index is 2200. The second-order valence-corrected chi connectivity index (χ2v) is 10.6. The van der Waals surface area contributed by atoms with Crippen molar-refractivity contribution >= 4 is 34.2 Å². The molecule has 44 heavy (non-hydrogen) atoms. The van der Waals surface area contributed by atoms with Crippen LogP contribution < -0.4 is 11.1 Å². The van der Waals surface area contributed by atoms with Gasteiger partial charge in [0.05, 0.1) is 45.0 Å². The Labute approximate surface area is 257 Å². The number of fused-ring (bicyclic) bond motifs is 2. The van der Waals surface area contributed by atoms with Crippen LogP contribution >= 0.6 is 23.2 Å². The van der Waals surface area contributed by atoms with Crippen LogP contribution in [0, 0.1) is 11.6 Å². The number of azide groups is 1. The van der Waals surface area contributed by atoms with Gasteiger partial charge in [0.1, 0.15) is 22.7 Å². The second-order valence-electron chi connectivity index (χ2n) is 9.74. The standard InChI is InChI=1S/C15H11ClFN5O.C15H12ClFN2O2/c1-9(19-20-18)13-8-21-6-5-12(16)14(21)15(23)22(13)11-4-2-3-10(17)7-11;1-9(20)13-8-18-6-5-12(16)14(18)15(21)19(13)11-4-2-3-10(17)7-11/h2-9H,1H3;2-9,20H,1H3. The van der Waals surface area contributed by atoms with Gasteiger partial charge in [-0.25, -0.2) is 8.78 Å². The van der Waals surface area contributed by atoms with Crippen molar-refractivity contribution in [3.8, 4) is 11.4 Å². The molecule has 10 nitrogen and oxygen atoms in total. The summed E-state index contributed by atoms with van der Waals surface area (Å²) < 4.78 is 32.7. The van der Waals surface area contributed by atoms with Gasteiger partial charge >= 0.3 is 0 Å². The van der Waals surface area contributed by atoms with E-state index in [1.54, 1.807) is 71.7 Å². The summed E-state index contributed by atoms with van der Waals surface area (Å²) in [6, 6.07) is 13.8. The normalized spacial score (nSPS) is 12.4. The van der Waals surface area contributed by atoms with E-state index >= 15 is 0 Å². The molecule has 0 radical (unpaired) electrons. The van der Waals surface area contributed by atoms with Crippen molar-refractivity contribution in [1.82, 2.24) is 17.9 Å². The molecule has 2 unspecified atom stereocenters. The van der Waals surface area contributed by atoms with Crippen molar-refractivity contribution in [1.29, 1.82) is 0 Å². The average Bonchev–Trinajstić information content (AvgIpc) is 3.55. The molecule has 0 bridgehead atoms. The number of aromatic nitrogens is 4. The summed E-state index contributed by atoms with van der Waals surface area (Å²) in [6.45, 7) is 3.20. The minimum atomic E-state index is -0.897. The first-order valence-corrected chi connectivity index (χ1v) is 13.9. The Kier molecular flexibility index (Phi) is 8.61. The van der Waals surface area contributed by atoms with Gasteiger partial charge in [-0.1, -0.05) is 47.4 Å². The minimum Gasteiger partial charge on any atom is -0.387 e. The molecule has 224 valence electrons. The molecule has 0 fully saturated rings. The fourth-order valence-corrected chi connectivity index (χ4v) is 5.29. The predicted octanol–water partition coefficient (Wildman–Crippen LogP) is 7.19. The number of aliphatic hydroxyl groups is 1. The van der Waals surface area contributed by atoms with Gasteiger partial charge in [0.25, 0.3) is 11.1 Å². The maximum Gasteiger partial charge on any atom is 0.281 e. The first kappa shape index (κ1) is 30.6. The van der Waals surface area contributed by atoms with Crippen LogP contribution in [0.3, 0.4) is 0 Å². The smallest absolute Gasteiger partial charge is 0.281 e. The first-order valence-electron chi connectivity index (χ1n) is 13.1. The molecule has 4 heterocycles. The van der Waals surface area contributed by atoms with Crippen LogP contribution in [0.15, 0.2) is 100 Å². The van der Waals surface area contributed by atoms with E-state index in [-0.39, 0.29) is 11.0 Å². The molecule has 0 saturated carbocycles. The van der Waals surface area contributed by atoms with E-state index in [2.05, 4.69) is 10.0 Å². The van der Waals surface area contributed by atoms with Crippen molar-refractivity contribution in [2.45, 2.75) is 26.0 Å². The van der Waals surface area contributed by atoms with Gasteiger partial charge in [-0.2, -0.15) is 0 Å². The molecule has 2 atom stereocenters. The van der Waals surface area contributed by atoms with Crippen LogP contribution in [0.4, 0.5) is 8.78 Å². The van der Waals surface area contributed by atoms with E-state index < -0.39 is 34.9 Å². The van der Waals surface area contributed by atoms with Gasteiger partial charge in [0.2, 0.25) is 0 Å². The SMILES string of the molecule is CC(N=[N+]=[N-])c1cn2ccc(Cl)c2c(=O)n1-c1cccc(F)c1.CC(O)c1cn2ccc(Cl)c2c(=O)n1-c1cccc(F)c1. The summed E-state index contributed by atoms with van der Waals surface area (Å²) >= 11 is 12.1. The number of aliphatic hydroxyl groups excluding tert-OH is 1. The summed E-state index contributed by atoms with van der Waals surface area (Å²) in [5.41, 5.74) is 9.87. The zero-order chi connectivity index (χ0) is 31.7. The number of nitrogens with zero attached hydrogens (tertiary/aromatic N) is 7. The minimum absolute atomic E-state index is 0.271. The molecular weight excluding hydrogens is 615 g/mol. The summed E-state index contributed by atoms with van der Waals surface area (Å²) in [4.78, 5) is 28.3. The lowest BCUT2D eigenvalue weighted by Gasteiger charge is -2.16. The van der Waals surface area contributed by atoms with Crippen LogP contribution in [0.2, 0.25) is 10.0 Å². The Hall–Kier alpha value is -4.87. The van der Waals surface area contributed by atoms with Crippen LogP contribution in [0.1, 0.15) is 37.4 Å². The Morgan fingerprint density at radius 3 is 1.68 bits per heavy atom. The Morgan fingerprint density at radius 2 is 1.25 bits per heavy atom. The number of halogens is 4. The average molecular weight is 638 g/mol. The summed E-state index contributed by atoms with van der Waals surface area (Å²) in [7, 11) is 0. The van der Waals surface area contributed by atoms with Crippen LogP contribution in [-0.2, 0) is 0 Å². The number of benzene rings is 2. The molecule has 0 saturated heterocycles. The fourth-order valence-electron chi connectivity index (χ4n) is 4.82. The van der Waals surface area contributed by atoms with E-state index in [0.29, 0.717) is 32.8 Å². The molecule has 6 rings (SSSR count). The third-order valence-electron chi connectivity index (χ3n) is 6.82. The van der Waals surface area contributed by atoms with Crippen molar-refractivity contribution in [2.24, 2.45) is 5.11 Å². The van der Waals surface area contributed by atoms with Crippen molar-refractivity contribution in [3.05, 3.63) is 150 Å². The zero-order valence-corrected chi connectivity index (χ0v) is 24.7. The highest BCUT2D eigenvalue weighted by molar-refractivity contribution is 6.34. The molecule has 0 aliphatic carbocycles. The van der Waals surface area contributed by atoms with Gasteiger partial charge in [0.15, 0.2) is 0 Å². The van der Waals surface area contributed by atoms with E-state index in [1.807, 2.05) is 0 Å². The molecule has 0 amide bonds. The third kappa shape index (κ3) is 5.71. The van der Waals surface area contributed by atoms with Gasteiger partial charge in [-0.15, -0.1) is 0 Å². The molecule has 6 aromatic rings. The van der Waals surface area contributed by atoms with Crippen LogP contribution in [0.5, 0.6) is 0 Å². The highest BCUT2D eigenvalue weighted by Crippen LogP contribution is 2.24. The Balaban J connectivity index is 0.000000175. The molecule has 0 spiro atoms. The van der Waals surface area contributed by atoms with Gasteiger partial charge in [-0.05, 0) is 61.0 Å². The molecular formula is C30H23Cl2F2N7O3. The topological polar surface area (TPSA) is 122 Å². The lowest BCUT2D eigenvalue weighted by atomic mass is 10.2. The zero-order valence-electron chi connectivity index (χ0n) is 23.1. The molecule has 0 aliphatic rings. The van der Waals surface area contributed by atoms with Gasteiger partial charge in [-0.3, -0.25) is 18.7 Å².